The Balaban J connectivity index is 2.67. The maximum atomic E-state index is 11.8. The Kier molecular flexibility index (Phi) is 4.32. The molecule has 0 spiro atoms. The van der Waals surface area contributed by atoms with Gasteiger partial charge in [-0.1, -0.05) is 13.8 Å². The van der Waals surface area contributed by atoms with E-state index in [1.807, 2.05) is 11.4 Å². The summed E-state index contributed by atoms with van der Waals surface area (Å²) in [6.07, 6.45) is 0. The number of rotatable bonds is 3. The van der Waals surface area contributed by atoms with Crippen LogP contribution < -0.4 is 5.73 Å². The minimum Gasteiger partial charge on any atom is -0.465 e. The maximum Gasteiger partial charge on any atom is 0.350 e. The summed E-state index contributed by atoms with van der Waals surface area (Å²) in [5.41, 5.74) is 7.70. The fraction of sp³-hybridized carbons (Fsp3) is 0.308. The van der Waals surface area contributed by atoms with Gasteiger partial charge in [0, 0.05) is 4.47 Å². The molecule has 0 bridgehead atoms. The fourth-order valence-corrected chi connectivity index (χ4v) is 5.07. The topological polar surface area (TPSA) is 52.3 Å². The van der Waals surface area contributed by atoms with Crippen LogP contribution in [0, 0.1) is 0 Å². The number of halogens is 1. The highest BCUT2D eigenvalue weighted by atomic mass is 79.9. The average Bonchev–Trinajstić information content (AvgIpc) is 2.91. The smallest absolute Gasteiger partial charge is 0.350 e. The number of carbonyl (C=O) groups is 1. The average molecular weight is 360 g/mol. The third kappa shape index (κ3) is 2.57. The van der Waals surface area contributed by atoms with E-state index in [4.69, 9.17) is 10.5 Å². The van der Waals surface area contributed by atoms with Gasteiger partial charge in [0.1, 0.15) is 4.88 Å². The van der Waals surface area contributed by atoms with E-state index in [2.05, 4.69) is 29.8 Å². The quantitative estimate of drug-likeness (QED) is 0.805. The summed E-state index contributed by atoms with van der Waals surface area (Å²) >= 11 is 6.57. The molecule has 0 aliphatic rings. The molecule has 2 aromatic rings. The van der Waals surface area contributed by atoms with E-state index in [9.17, 15) is 4.79 Å². The molecule has 2 heterocycles. The number of hydrogen-bond donors (Lipinski definition) is 1. The second-order valence-electron chi connectivity index (χ2n) is 4.33. The van der Waals surface area contributed by atoms with E-state index in [1.54, 1.807) is 11.3 Å². The molecule has 0 saturated carbocycles. The van der Waals surface area contributed by atoms with Crippen LogP contribution in [0.25, 0.3) is 9.75 Å². The van der Waals surface area contributed by atoms with Crippen molar-refractivity contribution in [3.05, 3.63) is 26.4 Å². The summed E-state index contributed by atoms with van der Waals surface area (Å²) in [4.78, 5) is 14.4. The van der Waals surface area contributed by atoms with Crippen molar-refractivity contribution in [3.63, 3.8) is 0 Å². The third-order valence-electron chi connectivity index (χ3n) is 2.76. The Morgan fingerprint density at radius 2 is 2.11 bits per heavy atom. The van der Waals surface area contributed by atoms with E-state index in [0.717, 1.165) is 19.8 Å². The molecule has 0 saturated heterocycles. The third-order valence-corrected chi connectivity index (χ3v) is 5.96. The number of nitrogen functional groups attached to an aromatic ring is 1. The van der Waals surface area contributed by atoms with Crippen molar-refractivity contribution in [2.24, 2.45) is 0 Å². The highest BCUT2D eigenvalue weighted by molar-refractivity contribution is 9.10. The number of anilines is 1. The largest absolute Gasteiger partial charge is 0.465 e. The van der Waals surface area contributed by atoms with Crippen LogP contribution in [0.15, 0.2) is 15.9 Å². The molecule has 0 aliphatic heterocycles. The Bertz CT molecular complexity index is 616. The van der Waals surface area contributed by atoms with E-state index >= 15 is 0 Å². The van der Waals surface area contributed by atoms with E-state index < -0.39 is 0 Å². The van der Waals surface area contributed by atoms with Gasteiger partial charge in [0.2, 0.25) is 0 Å². The van der Waals surface area contributed by atoms with Crippen LogP contribution in [0.3, 0.4) is 0 Å². The molecule has 3 nitrogen and oxygen atoms in total. The van der Waals surface area contributed by atoms with Crippen molar-refractivity contribution in [2.75, 3.05) is 12.8 Å². The number of methoxy groups -OCH3 is 1. The van der Waals surface area contributed by atoms with Gasteiger partial charge in [-0.3, -0.25) is 0 Å². The zero-order valence-corrected chi connectivity index (χ0v) is 14.0. The predicted molar refractivity (Wildman–Crippen MR) is 85.2 cm³/mol. The van der Waals surface area contributed by atoms with E-state index in [0.29, 0.717) is 10.6 Å². The first-order chi connectivity index (χ1) is 8.97. The number of nitrogens with two attached hydrogens (primary N) is 1. The summed E-state index contributed by atoms with van der Waals surface area (Å²) in [5.74, 6) is -0.123. The van der Waals surface area contributed by atoms with Crippen molar-refractivity contribution in [2.45, 2.75) is 19.8 Å². The summed E-state index contributed by atoms with van der Waals surface area (Å²) < 4.78 is 5.82. The predicted octanol–water partition coefficient (Wildman–Crippen LogP) is 4.73. The normalized spacial score (nSPS) is 11.0. The standard InChI is InChI=1S/C13H14BrNO2S2/c1-6(2)8-9(15)12(13(16)17-3)19-11(8)10-7(14)4-5-18-10/h4-6H,15H2,1-3H3. The molecule has 102 valence electrons. The van der Waals surface area contributed by atoms with Gasteiger partial charge in [0.15, 0.2) is 0 Å². The van der Waals surface area contributed by atoms with Crippen LogP contribution in [0.2, 0.25) is 0 Å². The number of ether oxygens (including phenoxy) is 1. The van der Waals surface area contributed by atoms with Gasteiger partial charge in [0.05, 0.1) is 22.6 Å². The SMILES string of the molecule is COC(=O)c1sc(-c2sccc2Br)c(C(C)C)c1N. The van der Waals surface area contributed by atoms with Crippen molar-refractivity contribution < 1.29 is 9.53 Å². The first kappa shape index (κ1) is 14.6. The molecule has 0 aromatic carbocycles. The molecule has 2 rings (SSSR count). The monoisotopic (exact) mass is 359 g/mol. The molecule has 0 amide bonds. The molecule has 2 aromatic heterocycles. The number of carbonyl (C=O) groups excluding carboxylic acids is 1. The highest BCUT2D eigenvalue weighted by Gasteiger charge is 2.25. The molecule has 0 unspecified atom stereocenters. The summed E-state index contributed by atoms with van der Waals surface area (Å²) in [6.45, 7) is 4.15. The molecule has 0 radical (unpaired) electrons. The zero-order chi connectivity index (χ0) is 14.2. The molecular formula is C13H14BrNO2S2. The van der Waals surface area contributed by atoms with Gasteiger partial charge < -0.3 is 10.5 Å². The molecular weight excluding hydrogens is 346 g/mol. The van der Waals surface area contributed by atoms with Crippen LogP contribution in [-0.4, -0.2) is 13.1 Å². The second kappa shape index (κ2) is 5.64. The number of hydrogen-bond acceptors (Lipinski definition) is 5. The Labute approximate surface area is 128 Å². The minimum absolute atomic E-state index is 0.249. The molecule has 2 N–H and O–H groups in total. The van der Waals surface area contributed by atoms with Crippen molar-refractivity contribution in [1.29, 1.82) is 0 Å². The van der Waals surface area contributed by atoms with E-state index in [-0.39, 0.29) is 11.9 Å². The van der Waals surface area contributed by atoms with Gasteiger partial charge >= 0.3 is 5.97 Å². The Hall–Kier alpha value is -0.850. The van der Waals surface area contributed by atoms with Crippen LogP contribution in [0.1, 0.15) is 35.0 Å². The highest BCUT2D eigenvalue weighted by Crippen LogP contribution is 2.46. The lowest BCUT2D eigenvalue weighted by molar-refractivity contribution is 0.0607. The summed E-state index contributed by atoms with van der Waals surface area (Å²) in [5, 5.41) is 2.01. The molecule has 0 atom stereocenters. The number of esters is 1. The first-order valence-corrected chi connectivity index (χ1v) is 8.20. The lowest BCUT2D eigenvalue weighted by Crippen LogP contribution is -2.03. The van der Waals surface area contributed by atoms with Crippen LogP contribution >= 0.6 is 38.6 Å². The van der Waals surface area contributed by atoms with Crippen molar-refractivity contribution >= 4 is 50.3 Å². The Morgan fingerprint density at radius 3 is 2.58 bits per heavy atom. The molecule has 0 fully saturated rings. The molecule has 0 aliphatic carbocycles. The minimum atomic E-state index is -0.372. The molecule has 19 heavy (non-hydrogen) atoms. The van der Waals surface area contributed by atoms with Gasteiger partial charge in [-0.15, -0.1) is 22.7 Å². The van der Waals surface area contributed by atoms with Crippen LogP contribution in [0.4, 0.5) is 5.69 Å². The maximum absolute atomic E-state index is 11.8. The van der Waals surface area contributed by atoms with Gasteiger partial charge in [-0.25, -0.2) is 4.79 Å². The Morgan fingerprint density at radius 1 is 1.42 bits per heavy atom. The summed E-state index contributed by atoms with van der Waals surface area (Å²) in [7, 11) is 1.37. The number of thiophene rings is 2. The van der Waals surface area contributed by atoms with E-state index in [1.165, 1.54) is 18.4 Å². The lowest BCUT2D eigenvalue weighted by Gasteiger charge is -2.08. The van der Waals surface area contributed by atoms with Crippen molar-refractivity contribution in [1.82, 2.24) is 0 Å². The van der Waals surface area contributed by atoms with Gasteiger partial charge in [-0.2, -0.15) is 0 Å². The lowest BCUT2D eigenvalue weighted by atomic mass is 10.0. The zero-order valence-electron chi connectivity index (χ0n) is 10.8. The summed E-state index contributed by atoms with van der Waals surface area (Å²) in [6, 6.07) is 2.00. The van der Waals surface area contributed by atoms with Crippen LogP contribution in [0.5, 0.6) is 0 Å². The molecule has 6 heteroatoms. The second-order valence-corrected chi connectivity index (χ2v) is 7.12. The first-order valence-electron chi connectivity index (χ1n) is 5.71. The van der Waals surface area contributed by atoms with Gasteiger partial charge in [-0.05, 0) is 38.9 Å². The van der Waals surface area contributed by atoms with Crippen molar-refractivity contribution in [3.8, 4) is 9.75 Å². The van der Waals surface area contributed by atoms with Gasteiger partial charge in [0.25, 0.3) is 0 Å². The van der Waals surface area contributed by atoms with Crippen LogP contribution in [-0.2, 0) is 4.74 Å². The fourth-order valence-electron chi connectivity index (χ4n) is 1.90.